The van der Waals surface area contributed by atoms with Crippen molar-refractivity contribution < 1.29 is 9.90 Å². The maximum atomic E-state index is 12.5. The number of likely N-dealkylation sites (N-methyl/N-ethyl adjacent to an activating group) is 1. The number of rotatable bonds is 3. The van der Waals surface area contributed by atoms with Gasteiger partial charge in [0.1, 0.15) is 5.15 Å². The Morgan fingerprint density at radius 3 is 3.00 bits per heavy atom. The number of aromatic nitrogens is 1. The topological polar surface area (TPSA) is 56.7 Å². The second kappa shape index (κ2) is 5.86. The van der Waals surface area contributed by atoms with E-state index in [1.54, 1.807) is 23.2 Å². The maximum absolute atomic E-state index is 12.5. The molecule has 0 bridgehead atoms. The Bertz CT molecular complexity index is 467. The number of nitrogens with zero attached hydrogens (tertiary/aromatic N) is 3. The third-order valence-electron chi connectivity index (χ3n) is 3.22. The van der Waals surface area contributed by atoms with Crippen LogP contribution in [0.25, 0.3) is 0 Å². The molecule has 0 aliphatic carbocycles. The van der Waals surface area contributed by atoms with Gasteiger partial charge in [-0.25, -0.2) is 4.98 Å². The highest BCUT2D eigenvalue weighted by molar-refractivity contribution is 6.32. The third kappa shape index (κ3) is 3.23. The molecule has 0 spiro atoms. The lowest BCUT2D eigenvalue weighted by Crippen LogP contribution is -2.41. The van der Waals surface area contributed by atoms with E-state index < -0.39 is 6.10 Å². The van der Waals surface area contributed by atoms with E-state index in [1.807, 2.05) is 19.0 Å². The van der Waals surface area contributed by atoms with E-state index in [4.69, 9.17) is 11.6 Å². The molecule has 1 saturated heterocycles. The van der Waals surface area contributed by atoms with Crippen molar-refractivity contribution in [1.82, 2.24) is 14.8 Å². The normalized spacial score (nSPS) is 23.1. The number of likely N-dealkylation sites (tertiary alicyclic amines) is 1. The molecule has 0 radical (unpaired) electrons. The Kier molecular flexibility index (Phi) is 4.39. The predicted octanol–water partition coefficient (Wildman–Crippen LogP) is 0.872. The van der Waals surface area contributed by atoms with Crippen LogP contribution in [0.4, 0.5) is 0 Å². The summed E-state index contributed by atoms with van der Waals surface area (Å²) in [7, 11) is 3.90. The largest absolute Gasteiger partial charge is 0.391 e. The number of hydrogen-bond donors (Lipinski definition) is 1. The monoisotopic (exact) mass is 283 g/mol. The molecule has 6 heteroatoms. The van der Waals surface area contributed by atoms with Gasteiger partial charge in [0, 0.05) is 25.3 Å². The molecule has 104 valence electrons. The van der Waals surface area contributed by atoms with Gasteiger partial charge in [0.25, 0.3) is 5.91 Å². The minimum Gasteiger partial charge on any atom is -0.391 e. The highest BCUT2D eigenvalue weighted by atomic mass is 35.5. The molecule has 1 amide bonds. The summed E-state index contributed by atoms with van der Waals surface area (Å²) in [5.41, 5.74) is 0.391. The summed E-state index contributed by atoms with van der Waals surface area (Å²) >= 11 is 5.96. The van der Waals surface area contributed by atoms with Crippen LogP contribution < -0.4 is 0 Å². The Labute approximate surface area is 117 Å². The van der Waals surface area contributed by atoms with Gasteiger partial charge in [-0.2, -0.15) is 0 Å². The molecule has 1 N–H and O–H groups in total. The molecular weight excluding hydrogens is 266 g/mol. The number of halogens is 1. The number of β-amino-alcohol motifs (C(OH)–C–C–N with tert-alkyl or cyclic N) is 1. The van der Waals surface area contributed by atoms with E-state index >= 15 is 0 Å². The molecule has 1 aliphatic heterocycles. The van der Waals surface area contributed by atoms with Crippen LogP contribution in [-0.4, -0.2) is 65.1 Å². The first-order valence-corrected chi connectivity index (χ1v) is 6.61. The number of amides is 1. The molecule has 2 rings (SSSR count). The molecule has 1 fully saturated rings. The van der Waals surface area contributed by atoms with Gasteiger partial charge in [0.15, 0.2) is 0 Å². The van der Waals surface area contributed by atoms with Gasteiger partial charge in [-0.3, -0.25) is 4.79 Å². The minimum absolute atomic E-state index is 0.00812. The van der Waals surface area contributed by atoms with Crippen molar-refractivity contribution >= 4 is 17.5 Å². The van der Waals surface area contributed by atoms with Gasteiger partial charge in [-0.05, 0) is 32.6 Å². The zero-order valence-corrected chi connectivity index (χ0v) is 11.8. The lowest BCUT2D eigenvalue weighted by molar-refractivity contribution is 0.0699. The van der Waals surface area contributed by atoms with Crippen LogP contribution in [0.3, 0.4) is 0 Å². The lowest BCUT2D eigenvalue weighted by Gasteiger charge is -2.27. The van der Waals surface area contributed by atoms with Gasteiger partial charge in [-0.15, -0.1) is 0 Å². The molecule has 19 heavy (non-hydrogen) atoms. The molecule has 1 aromatic rings. The van der Waals surface area contributed by atoms with Gasteiger partial charge in [0.05, 0.1) is 11.7 Å². The van der Waals surface area contributed by atoms with Crippen molar-refractivity contribution in [2.24, 2.45) is 0 Å². The van der Waals surface area contributed by atoms with Crippen LogP contribution in [0.5, 0.6) is 0 Å². The fourth-order valence-electron chi connectivity index (χ4n) is 2.44. The highest BCUT2D eigenvalue weighted by Gasteiger charge is 2.35. The number of pyridine rings is 1. The average Bonchev–Trinajstić information content (AvgIpc) is 2.69. The predicted molar refractivity (Wildman–Crippen MR) is 73.2 cm³/mol. The summed E-state index contributed by atoms with van der Waals surface area (Å²) in [5, 5.41) is 9.99. The molecule has 2 unspecified atom stereocenters. The third-order valence-corrected chi connectivity index (χ3v) is 3.52. The number of aliphatic hydroxyl groups excluding tert-OH is 1. The smallest absolute Gasteiger partial charge is 0.257 e. The van der Waals surface area contributed by atoms with E-state index in [0.717, 1.165) is 6.54 Å². The van der Waals surface area contributed by atoms with Crippen LogP contribution in [0.15, 0.2) is 18.3 Å². The zero-order valence-electron chi connectivity index (χ0n) is 11.1. The molecule has 1 aliphatic rings. The van der Waals surface area contributed by atoms with E-state index in [0.29, 0.717) is 18.5 Å². The van der Waals surface area contributed by atoms with Crippen LogP contribution in [0.2, 0.25) is 5.15 Å². The quantitative estimate of drug-likeness (QED) is 0.837. The van der Waals surface area contributed by atoms with Crippen LogP contribution in [0, 0.1) is 0 Å². The van der Waals surface area contributed by atoms with Gasteiger partial charge in [-0.1, -0.05) is 11.6 Å². The average molecular weight is 284 g/mol. The first-order chi connectivity index (χ1) is 8.99. The second-order valence-electron chi connectivity index (χ2n) is 5.10. The molecule has 5 nitrogen and oxygen atoms in total. The first kappa shape index (κ1) is 14.2. The molecule has 0 aromatic carbocycles. The van der Waals surface area contributed by atoms with Gasteiger partial charge >= 0.3 is 0 Å². The summed E-state index contributed by atoms with van der Waals surface area (Å²) in [6.07, 6.45) is 1.68. The SMILES string of the molecule is CN(C)CC1CC(O)CN1C(=O)c1cccnc1Cl. The lowest BCUT2D eigenvalue weighted by atomic mass is 10.1. The maximum Gasteiger partial charge on any atom is 0.257 e. The van der Waals surface area contributed by atoms with E-state index in [1.165, 1.54) is 0 Å². The fourth-order valence-corrected chi connectivity index (χ4v) is 2.64. The van der Waals surface area contributed by atoms with Crippen molar-refractivity contribution in [3.8, 4) is 0 Å². The number of hydrogen-bond acceptors (Lipinski definition) is 4. The van der Waals surface area contributed by atoms with E-state index in [9.17, 15) is 9.90 Å². The van der Waals surface area contributed by atoms with Crippen molar-refractivity contribution in [1.29, 1.82) is 0 Å². The Morgan fingerprint density at radius 1 is 1.63 bits per heavy atom. The summed E-state index contributed by atoms with van der Waals surface area (Å²) in [6.45, 7) is 1.07. The summed E-state index contributed by atoms with van der Waals surface area (Å²) < 4.78 is 0. The fraction of sp³-hybridized carbons (Fsp3) is 0.538. The van der Waals surface area contributed by atoms with Crippen molar-refractivity contribution in [3.63, 3.8) is 0 Å². The number of carbonyl (C=O) groups excluding carboxylic acids is 1. The number of carbonyl (C=O) groups is 1. The van der Waals surface area contributed by atoms with Gasteiger partial charge in [0.2, 0.25) is 0 Å². The minimum atomic E-state index is -0.468. The Balaban J connectivity index is 2.19. The summed E-state index contributed by atoms with van der Waals surface area (Å²) in [4.78, 5) is 20.1. The van der Waals surface area contributed by atoms with Crippen LogP contribution in [-0.2, 0) is 0 Å². The Hall–Kier alpha value is -1.17. The van der Waals surface area contributed by atoms with E-state index in [-0.39, 0.29) is 17.1 Å². The molecule has 0 saturated carbocycles. The number of aliphatic hydroxyl groups is 1. The molecule has 2 heterocycles. The highest BCUT2D eigenvalue weighted by Crippen LogP contribution is 2.23. The summed E-state index contributed by atoms with van der Waals surface area (Å²) in [5.74, 6) is -0.165. The van der Waals surface area contributed by atoms with Crippen molar-refractivity contribution in [2.75, 3.05) is 27.2 Å². The molecule has 1 aromatic heterocycles. The van der Waals surface area contributed by atoms with Crippen LogP contribution >= 0.6 is 11.6 Å². The Morgan fingerprint density at radius 2 is 2.37 bits per heavy atom. The van der Waals surface area contributed by atoms with Crippen LogP contribution in [0.1, 0.15) is 16.8 Å². The summed E-state index contributed by atoms with van der Waals surface area (Å²) in [6, 6.07) is 3.36. The second-order valence-corrected chi connectivity index (χ2v) is 5.46. The molecular formula is C13H18ClN3O2. The standard InChI is InChI=1S/C13H18ClN3O2/c1-16(2)7-9-6-10(18)8-17(9)13(19)11-4-3-5-15-12(11)14/h3-5,9-10,18H,6-8H2,1-2H3. The van der Waals surface area contributed by atoms with Crippen molar-refractivity contribution in [2.45, 2.75) is 18.6 Å². The van der Waals surface area contributed by atoms with E-state index in [2.05, 4.69) is 4.98 Å². The van der Waals surface area contributed by atoms with Crippen molar-refractivity contribution in [3.05, 3.63) is 29.0 Å². The van der Waals surface area contributed by atoms with Gasteiger partial charge < -0.3 is 14.9 Å². The molecule has 2 atom stereocenters. The first-order valence-electron chi connectivity index (χ1n) is 6.23. The zero-order chi connectivity index (χ0) is 14.0.